The SMILES string of the molecule is NC(=S)c1ncccc1S(=O)(=O)NC1CCCOC1. The van der Waals surface area contributed by atoms with E-state index in [9.17, 15) is 8.42 Å². The quantitative estimate of drug-likeness (QED) is 0.770. The van der Waals surface area contributed by atoms with E-state index in [1.165, 1.54) is 18.3 Å². The highest BCUT2D eigenvalue weighted by Crippen LogP contribution is 2.15. The van der Waals surface area contributed by atoms with Crippen molar-refractivity contribution in [2.45, 2.75) is 23.8 Å². The summed E-state index contributed by atoms with van der Waals surface area (Å²) in [5.41, 5.74) is 5.61. The van der Waals surface area contributed by atoms with Gasteiger partial charge in [-0.25, -0.2) is 13.1 Å². The summed E-state index contributed by atoms with van der Waals surface area (Å²) in [5, 5.41) is 0. The first-order valence-corrected chi connectivity index (χ1v) is 7.75. The van der Waals surface area contributed by atoms with Gasteiger partial charge in [0, 0.05) is 18.8 Å². The first-order chi connectivity index (χ1) is 9.00. The molecule has 1 atom stereocenters. The third kappa shape index (κ3) is 3.47. The van der Waals surface area contributed by atoms with Crippen LogP contribution in [0.4, 0.5) is 0 Å². The van der Waals surface area contributed by atoms with E-state index >= 15 is 0 Å². The van der Waals surface area contributed by atoms with E-state index in [0.29, 0.717) is 13.2 Å². The predicted octanol–water partition coefficient (Wildman–Crippen LogP) is 0.173. The number of hydrogen-bond acceptors (Lipinski definition) is 5. The van der Waals surface area contributed by atoms with Gasteiger partial charge in [0.2, 0.25) is 10.0 Å². The van der Waals surface area contributed by atoms with Crippen molar-refractivity contribution in [3.8, 4) is 0 Å². The lowest BCUT2D eigenvalue weighted by atomic mass is 10.1. The molecular weight excluding hydrogens is 286 g/mol. The number of nitrogens with zero attached hydrogens (tertiary/aromatic N) is 1. The molecule has 2 rings (SSSR count). The van der Waals surface area contributed by atoms with Gasteiger partial charge in [-0.3, -0.25) is 4.98 Å². The Morgan fingerprint density at radius 2 is 2.37 bits per heavy atom. The topological polar surface area (TPSA) is 94.3 Å². The summed E-state index contributed by atoms with van der Waals surface area (Å²) >= 11 is 4.82. The van der Waals surface area contributed by atoms with Gasteiger partial charge in [0.1, 0.15) is 15.6 Å². The van der Waals surface area contributed by atoms with Crippen molar-refractivity contribution in [2.24, 2.45) is 5.73 Å². The molecule has 0 aromatic carbocycles. The lowest BCUT2D eigenvalue weighted by Gasteiger charge is -2.23. The van der Waals surface area contributed by atoms with Gasteiger partial charge in [0.05, 0.1) is 6.61 Å². The molecule has 2 heterocycles. The summed E-state index contributed by atoms with van der Waals surface area (Å²) in [6.45, 7) is 1.05. The fraction of sp³-hybridized carbons (Fsp3) is 0.455. The number of pyridine rings is 1. The molecule has 19 heavy (non-hydrogen) atoms. The fourth-order valence-corrected chi connectivity index (χ4v) is 3.56. The van der Waals surface area contributed by atoms with E-state index in [2.05, 4.69) is 9.71 Å². The average molecular weight is 301 g/mol. The largest absolute Gasteiger partial charge is 0.388 e. The molecule has 8 heteroatoms. The molecule has 1 aromatic heterocycles. The van der Waals surface area contributed by atoms with Gasteiger partial charge in [0.15, 0.2) is 0 Å². The molecule has 3 N–H and O–H groups in total. The molecule has 1 saturated heterocycles. The second kappa shape index (κ2) is 5.91. The Bertz CT molecular complexity index is 568. The minimum atomic E-state index is -3.70. The standard InChI is InChI=1S/C11H15N3O3S2/c12-11(18)10-9(4-1-5-13-10)19(15,16)14-8-3-2-6-17-7-8/h1,4-5,8,14H,2-3,6-7H2,(H2,12,18). The van der Waals surface area contributed by atoms with Crippen LogP contribution in [0, 0.1) is 0 Å². The Morgan fingerprint density at radius 1 is 1.58 bits per heavy atom. The van der Waals surface area contributed by atoms with Gasteiger partial charge >= 0.3 is 0 Å². The highest BCUT2D eigenvalue weighted by Gasteiger charge is 2.25. The van der Waals surface area contributed by atoms with Crippen LogP contribution in [-0.4, -0.2) is 37.6 Å². The fourth-order valence-electron chi connectivity index (χ4n) is 1.91. The van der Waals surface area contributed by atoms with Crippen molar-refractivity contribution in [2.75, 3.05) is 13.2 Å². The minimum Gasteiger partial charge on any atom is -0.388 e. The highest BCUT2D eigenvalue weighted by molar-refractivity contribution is 7.89. The number of sulfonamides is 1. The molecule has 0 amide bonds. The van der Waals surface area contributed by atoms with Crippen LogP contribution >= 0.6 is 12.2 Å². The van der Waals surface area contributed by atoms with E-state index in [0.717, 1.165) is 12.8 Å². The Labute approximate surface area is 117 Å². The molecule has 1 aliphatic heterocycles. The summed E-state index contributed by atoms with van der Waals surface area (Å²) in [6, 6.07) is 2.75. The lowest BCUT2D eigenvalue weighted by Crippen LogP contribution is -2.41. The Kier molecular flexibility index (Phi) is 4.46. The van der Waals surface area contributed by atoms with Gasteiger partial charge in [-0.15, -0.1) is 0 Å². The number of thiocarbonyl (C=S) groups is 1. The van der Waals surface area contributed by atoms with Crippen molar-refractivity contribution in [3.63, 3.8) is 0 Å². The van der Waals surface area contributed by atoms with Gasteiger partial charge < -0.3 is 10.5 Å². The molecule has 0 bridgehead atoms. The van der Waals surface area contributed by atoms with Crippen LogP contribution < -0.4 is 10.5 Å². The number of hydrogen-bond donors (Lipinski definition) is 2. The second-order valence-electron chi connectivity index (χ2n) is 4.25. The van der Waals surface area contributed by atoms with Gasteiger partial charge in [0.25, 0.3) is 0 Å². The average Bonchev–Trinajstić information content (AvgIpc) is 2.39. The number of aromatic nitrogens is 1. The molecule has 1 unspecified atom stereocenters. The van der Waals surface area contributed by atoms with Crippen LogP contribution in [0.15, 0.2) is 23.2 Å². The summed E-state index contributed by atoms with van der Waals surface area (Å²) in [5.74, 6) is 0. The zero-order valence-corrected chi connectivity index (χ0v) is 11.8. The van der Waals surface area contributed by atoms with Crippen LogP contribution in [0.5, 0.6) is 0 Å². The summed E-state index contributed by atoms with van der Waals surface area (Å²) in [7, 11) is -3.70. The summed E-state index contributed by atoms with van der Waals surface area (Å²) in [6.07, 6.45) is 3.04. The first kappa shape index (κ1) is 14.3. The van der Waals surface area contributed by atoms with E-state index < -0.39 is 10.0 Å². The van der Waals surface area contributed by atoms with Crippen LogP contribution in [0.25, 0.3) is 0 Å². The van der Waals surface area contributed by atoms with E-state index in [-0.39, 0.29) is 21.6 Å². The molecule has 1 aliphatic rings. The molecule has 0 radical (unpaired) electrons. The maximum atomic E-state index is 12.3. The lowest BCUT2D eigenvalue weighted by molar-refractivity contribution is 0.0774. The normalized spacial score (nSPS) is 20.1. The molecule has 6 nitrogen and oxygen atoms in total. The summed E-state index contributed by atoms with van der Waals surface area (Å²) in [4.78, 5) is 3.89. The molecule has 1 fully saturated rings. The van der Waals surface area contributed by atoms with Crippen LogP contribution in [-0.2, 0) is 14.8 Å². The Hall–Kier alpha value is -1.09. The molecule has 0 spiro atoms. The van der Waals surface area contributed by atoms with Crippen molar-refractivity contribution < 1.29 is 13.2 Å². The second-order valence-corrected chi connectivity index (χ2v) is 6.37. The smallest absolute Gasteiger partial charge is 0.243 e. The molecule has 1 aromatic rings. The highest BCUT2D eigenvalue weighted by atomic mass is 32.2. The predicted molar refractivity (Wildman–Crippen MR) is 74.3 cm³/mol. The van der Waals surface area contributed by atoms with Crippen molar-refractivity contribution >= 4 is 27.2 Å². The monoisotopic (exact) mass is 301 g/mol. The van der Waals surface area contributed by atoms with Gasteiger partial charge in [-0.05, 0) is 25.0 Å². The Morgan fingerprint density at radius 3 is 3.00 bits per heavy atom. The molecular formula is C11H15N3O3S2. The van der Waals surface area contributed by atoms with E-state index in [4.69, 9.17) is 22.7 Å². The van der Waals surface area contributed by atoms with Crippen LogP contribution in [0.1, 0.15) is 18.5 Å². The number of ether oxygens (including phenoxy) is 1. The van der Waals surface area contributed by atoms with Crippen LogP contribution in [0.2, 0.25) is 0 Å². The molecule has 104 valence electrons. The molecule has 0 aliphatic carbocycles. The third-order valence-electron chi connectivity index (χ3n) is 2.78. The zero-order valence-electron chi connectivity index (χ0n) is 10.2. The Balaban J connectivity index is 2.26. The maximum Gasteiger partial charge on any atom is 0.243 e. The van der Waals surface area contributed by atoms with Gasteiger partial charge in [-0.1, -0.05) is 12.2 Å². The van der Waals surface area contributed by atoms with Gasteiger partial charge in [-0.2, -0.15) is 0 Å². The maximum absolute atomic E-state index is 12.3. The van der Waals surface area contributed by atoms with Crippen molar-refractivity contribution in [3.05, 3.63) is 24.0 Å². The van der Waals surface area contributed by atoms with Crippen molar-refractivity contribution in [1.29, 1.82) is 0 Å². The summed E-state index contributed by atoms with van der Waals surface area (Å²) < 4.78 is 32.5. The van der Waals surface area contributed by atoms with E-state index in [1.807, 2.05) is 0 Å². The van der Waals surface area contributed by atoms with Crippen LogP contribution in [0.3, 0.4) is 0 Å². The third-order valence-corrected chi connectivity index (χ3v) is 4.52. The van der Waals surface area contributed by atoms with E-state index in [1.54, 1.807) is 0 Å². The minimum absolute atomic E-state index is 0.00748. The van der Waals surface area contributed by atoms with Crippen molar-refractivity contribution in [1.82, 2.24) is 9.71 Å². The number of rotatable bonds is 4. The first-order valence-electron chi connectivity index (χ1n) is 5.85. The zero-order chi connectivity index (χ0) is 13.9. The number of nitrogens with two attached hydrogens (primary N) is 1. The molecule has 0 saturated carbocycles. The number of nitrogens with one attached hydrogen (secondary N) is 1.